The number of ether oxygens (including phenoxy) is 4. The van der Waals surface area contributed by atoms with Crippen molar-refractivity contribution >= 4 is 5.69 Å². The summed E-state index contributed by atoms with van der Waals surface area (Å²) in [6.07, 6.45) is 2.22. The molecule has 0 radical (unpaired) electrons. The molecule has 0 bridgehead atoms. The summed E-state index contributed by atoms with van der Waals surface area (Å²) in [6, 6.07) is 11.0. The van der Waals surface area contributed by atoms with Crippen molar-refractivity contribution in [3.63, 3.8) is 0 Å². The minimum absolute atomic E-state index is 0.299. The van der Waals surface area contributed by atoms with Gasteiger partial charge in [-0.2, -0.15) is 0 Å². The van der Waals surface area contributed by atoms with Crippen LogP contribution >= 0.6 is 0 Å². The third-order valence-electron chi connectivity index (χ3n) is 6.13. The number of rotatable bonds is 12. The molecule has 33 heavy (non-hydrogen) atoms. The highest BCUT2D eigenvalue weighted by atomic mass is 19.1. The van der Waals surface area contributed by atoms with Crippen molar-refractivity contribution in [3.05, 3.63) is 47.8 Å². The van der Waals surface area contributed by atoms with Crippen LogP contribution in [-0.4, -0.2) is 65.6 Å². The molecule has 0 unspecified atom stereocenters. The standard InChI is InChI=1S/C26H37FN2O4/c1-5-29(22-7-9-25(30-3)26(17-22)31-4)19-21-6-8-24(23(27)16-21)33-15-12-28(2)18-20-10-13-32-14-11-20/h6-9,16-17,20H,5,10-15,18-19H2,1-4H3. The summed E-state index contributed by atoms with van der Waals surface area (Å²) >= 11 is 0. The summed E-state index contributed by atoms with van der Waals surface area (Å²) in [5.74, 6) is 2.00. The summed E-state index contributed by atoms with van der Waals surface area (Å²) in [6.45, 7) is 7.39. The number of methoxy groups -OCH3 is 2. The Kier molecular flexibility index (Phi) is 9.63. The Hall–Kier alpha value is -2.51. The monoisotopic (exact) mass is 460 g/mol. The Labute approximate surface area is 197 Å². The van der Waals surface area contributed by atoms with E-state index < -0.39 is 0 Å². The first kappa shape index (κ1) is 25.1. The van der Waals surface area contributed by atoms with Gasteiger partial charge < -0.3 is 28.7 Å². The lowest BCUT2D eigenvalue weighted by Crippen LogP contribution is -2.32. The summed E-state index contributed by atoms with van der Waals surface area (Å²) in [5.41, 5.74) is 1.87. The quantitative estimate of drug-likeness (QED) is 0.461. The van der Waals surface area contributed by atoms with Crippen LogP contribution in [0.1, 0.15) is 25.3 Å². The fourth-order valence-corrected chi connectivity index (χ4v) is 4.16. The van der Waals surface area contributed by atoms with E-state index in [-0.39, 0.29) is 5.82 Å². The van der Waals surface area contributed by atoms with Gasteiger partial charge in [0.1, 0.15) is 6.61 Å². The van der Waals surface area contributed by atoms with Crippen molar-refractivity contribution in [1.29, 1.82) is 0 Å². The molecule has 0 atom stereocenters. The van der Waals surface area contributed by atoms with Crippen LogP contribution in [0.5, 0.6) is 17.2 Å². The molecular weight excluding hydrogens is 423 g/mol. The molecule has 3 rings (SSSR count). The third-order valence-corrected chi connectivity index (χ3v) is 6.13. The molecule has 0 spiro atoms. The molecule has 0 aromatic heterocycles. The van der Waals surface area contributed by atoms with E-state index in [2.05, 4.69) is 23.8 Å². The molecule has 0 N–H and O–H groups in total. The SMILES string of the molecule is CCN(Cc1ccc(OCCN(C)CC2CCOCC2)c(F)c1)c1ccc(OC)c(OC)c1. The molecule has 1 fully saturated rings. The van der Waals surface area contributed by atoms with Crippen LogP contribution in [-0.2, 0) is 11.3 Å². The number of hydrogen-bond acceptors (Lipinski definition) is 6. The predicted molar refractivity (Wildman–Crippen MR) is 129 cm³/mol. The van der Waals surface area contributed by atoms with Gasteiger partial charge in [0.25, 0.3) is 0 Å². The van der Waals surface area contributed by atoms with Crippen LogP contribution in [0.15, 0.2) is 36.4 Å². The molecule has 1 saturated heterocycles. The van der Waals surface area contributed by atoms with Crippen molar-refractivity contribution in [1.82, 2.24) is 4.90 Å². The maximum atomic E-state index is 14.7. The number of halogens is 1. The number of benzene rings is 2. The number of nitrogens with zero attached hydrogens (tertiary/aromatic N) is 2. The highest BCUT2D eigenvalue weighted by molar-refractivity contribution is 5.56. The Bertz CT molecular complexity index is 873. The maximum absolute atomic E-state index is 14.7. The summed E-state index contributed by atoms with van der Waals surface area (Å²) in [5, 5.41) is 0. The molecule has 2 aromatic rings. The fourth-order valence-electron chi connectivity index (χ4n) is 4.16. The average Bonchev–Trinajstić information content (AvgIpc) is 2.84. The van der Waals surface area contributed by atoms with Crippen LogP contribution < -0.4 is 19.1 Å². The van der Waals surface area contributed by atoms with Gasteiger partial charge in [-0.25, -0.2) is 4.39 Å². The normalized spacial score (nSPS) is 14.4. The summed E-state index contributed by atoms with van der Waals surface area (Å²) < 4.78 is 36.6. The van der Waals surface area contributed by atoms with Gasteiger partial charge in [0, 0.05) is 51.1 Å². The molecule has 0 aliphatic carbocycles. The predicted octanol–water partition coefficient (Wildman–Crippen LogP) is 4.61. The van der Waals surface area contributed by atoms with Gasteiger partial charge in [-0.3, -0.25) is 0 Å². The molecule has 1 aliphatic rings. The lowest BCUT2D eigenvalue weighted by molar-refractivity contribution is 0.0542. The van der Waals surface area contributed by atoms with Crippen LogP contribution in [0.3, 0.4) is 0 Å². The van der Waals surface area contributed by atoms with Crippen LogP contribution in [0.25, 0.3) is 0 Å². The highest BCUT2D eigenvalue weighted by Crippen LogP contribution is 2.32. The zero-order valence-electron chi connectivity index (χ0n) is 20.3. The molecule has 182 valence electrons. The van der Waals surface area contributed by atoms with Crippen molar-refractivity contribution in [2.45, 2.75) is 26.3 Å². The van der Waals surface area contributed by atoms with E-state index in [0.29, 0.717) is 36.3 Å². The first-order valence-corrected chi connectivity index (χ1v) is 11.7. The average molecular weight is 461 g/mol. The van der Waals surface area contributed by atoms with Crippen LogP contribution in [0.4, 0.5) is 10.1 Å². The minimum Gasteiger partial charge on any atom is -0.493 e. The summed E-state index contributed by atoms with van der Waals surface area (Å²) in [7, 11) is 5.33. The molecule has 2 aromatic carbocycles. The second kappa shape index (κ2) is 12.7. The van der Waals surface area contributed by atoms with E-state index in [9.17, 15) is 4.39 Å². The van der Waals surface area contributed by atoms with E-state index in [0.717, 1.165) is 56.9 Å². The smallest absolute Gasteiger partial charge is 0.165 e. The Balaban J connectivity index is 1.53. The first-order valence-electron chi connectivity index (χ1n) is 11.7. The second-order valence-electron chi connectivity index (χ2n) is 8.48. The van der Waals surface area contributed by atoms with Gasteiger partial charge in [0.2, 0.25) is 0 Å². The molecule has 0 amide bonds. The van der Waals surface area contributed by atoms with Crippen molar-refractivity contribution in [2.75, 3.05) is 65.6 Å². The van der Waals surface area contributed by atoms with Crippen molar-refractivity contribution in [2.24, 2.45) is 5.92 Å². The van der Waals surface area contributed by atoms with Crippen molar-refractivity contribution < 1.29 is 23.3 Å². The zero-order chi connectivity index (χ0) is 23.6. The minimum atomic E-state index is -0.331. The lowest BCUT2D eigenvalue weighted by atomic mass is 10.00. The number of hydrogen-bond donors (Lipinski definition) is 0. The van der Waals surface area contributed by atoms with E-state index in [1.807, 2.05) is 24.3 Å². The first-order chi connectivity index (χ1) is 16.0. The third kappa shape index (κ3) is 7.24. The van der Waals surface area contributed by atoms with E-state index in [1.165, 1.54) is 0 Å². The summed E-state index contributed by atoms with van der Waals surface area (Å²) in [4.78, 5) is 4.41. The van der Waals surface area contributed by atoms with Gasteiger partial charge in [0.15, 0.2) is 23.1 Å². The van der Waals surface area contributed by atoms with Crippen LogP contribution in [0, 0.1) is 11.7 Å². The lowest BCUT2D eigenvalue weighted by Gasteiger charge is -2.27. The molecular formula is C26H37FN2O4. The van der Waals surface area contributed by atoms with Gasteiger partial charge in [-0.15, -0.1) is 0 Å². The Morgan fingerprint density at radius 3 is 2.39 bits per heavy atom. The Morgan fingerprint density at radius 2 is 1.73 bits per heavy atom. The zero-order valence-corrected chi connectivity index (χ0v) is 20.3. The fraction of sp³-hybridized carbons (Fsp3) is 0.538. The van der Waals surface area contributed by atoms with Gasteiger partial charge in [0.05, 0.1) is 14.2 Å². The molecule has 6 nitrogen and oxygen atoms in total. The topological polar surface area (TPSA) is 43.4 Å². The number of anilines is 1. The van der Waals surface area contributed by atoms with Gasteiger partial charge in [-0.05, 0) is 62.6 Å². The molecule has 1 aliphatic heterocycles. The van der Waals surface area contributed by atoms with Gasteiger partial charge >= 0.3 is 0 Å². The van der Waals surface area contributed by atoms with Crippen LogP contribution in [0.2, 0.25) is 0 Å². The Morgan fingerprint density at radius 1 is 1.00 bits per heavy atom. The van der Waals surface area contributed by atoms with E-state index >= 15 is 0 Å². The second-order valence-corrected chi connectivity index (χ2v) is 8.48. The molecule has 7 heteroatoms. The largest absolute Gasteiger partial charge is 0.493 e. The molecule has 1 heterocycles. The molecule has 0 saturated carbocycles. The van der Waals surface area contributed by atoms with Crippen molar-refractivity contribution in [3.8, 4) is 17.2 Å². The maximum Gasteiger partial charge on any atom is 0.165 e. The van der Waals surface area contributed by atoms with E-state index in [1.54, 1.807) is 26.4 Å². The van der Waals surface area contributed by atoms with E-state index in [4.69, 9.17) is 18.9 Å². The highest BCUT2D eigenvalue weighted by Gasteiger charge is 2.16. The number of likely N-dealkylation sites (N-methyl/N-ethyl adjacent to an activating group) is 1. The van der Waals surface area contributed by atoms with Gasteiger partial charge in [-0.1, -0.05) is 6.07 Å².